The van der Waals surface area contributed by atoms with Crippen LogP contribution in [0.2, 0.25) is 0 Å². The van der Waals surface area contributed by atoms with Crippen molar-refractivity contribution in [2.75, 3.05) is 12.4 Å². The maximum atomic E-state index is 12.7. The van der Waals surface area contributed by atoms with E-state index in [1.165, 1.54) is 6.92 Å². The summed E-state index contributed by atoms with van der Waals surface area (Å²) in [6, 6.07) is 16.0. The topological polar surface area (TPSA) is 72.9 Å². The number of ether oxygens (including phenoxy) is 1. The average molecular weight is 406 g/mol. The van der Waals surface area contributed by atoms with Crippen LogP contribution in [0.5, 0.6) is 11.5 Å². The van der Waals surface area contributed by atoms with Gasteiger partial charge in [0, 0.05) is 12.6 Å². The van der Waals surface area contributed by atoms with Crippen molar-refractivity contribution in [3.8, 4) is 11.5 Å². The molecule has 28 heavy (non-hydrogen) atoms. The van der Waals surface area contributed by atoms with Crippen molar-refractivity contribution < 1.29 is 22.1 Å². The molecule has 0 aromatic heterocycles. The number of para-hydroxylation sites is 1. The SMILES string of the molecule is CCC(C)N(Cc1ccc(OS(=O)(=O)CC)cc1)C(=O)COc1ccccc1. The van der Waals surface area contributed by atoms with Gasteiger partial charge in [-0.1, -0.05) is 37.3 Å². The van der Waals surface area contributed by atoms with Crippen molar-refractivity contribution >= 4 is 16.0 Å². The molecule has 0 bridgehead atoms. The third kappa shape index (κ3) is 6.56. The van der Waals surface area contributed by atoms with Crippen LogP contribution >= 0.6 is 0 Å². The normalized spacial score (nSPS) is 12.2. The third-order valence-corrected chi connectivity index (χ3v) is 5.56. The highest BCUT2D eigenvalue weighted by Crippen LogP contribution is 2.18. The summed E-state index contributed by atoms with van der Waals surface area (Å²) < 4.78 is 33.7. The van der Waals surface area contributed by atoms with Crippen LogP contribution in [0.1, 0.15) is 32.8 Å². The molecule has 0 fully saturated rings. The smallest absolute Gasteiger partial charge is 0.308 e. The van der Waals surface area contributed by atoms with Crippen LogP contribution in [-0.4, -0.2) is 37.6 Å². The molecule has 1 amide bonds. The fourth-order valence-electron chi connectivity index (χ4n) is 2.51. The van der Waals surface area contributed by atoms with Gasteiger partial charge < -0.3 is 13.8 Å². The maximum Gasteiger partial charge on any atom is 0.308 e. The van der Waals surface area contributed by atoms with Crippen LogP contribution in [0.25, 0.3) is 0 Å². The molecule has 0 heterocycles. The number of benzene rings is 2. The minimum Gasteiger partial charge on any atom is -0.484 e. The lowest BCUT2D eigenvalue weighted by atomic mass is 10.1. The van der Waals surface area contributed by atoms with E-state index in [4.69, 9.17) is 8.92 Å². The Balaban J connectivity index is 2.04. The molecule has 1 atom stereocenters. The second-order valence-electron chi connectivity index (χ2n) is 6.45. The van der Waals surface area contributed by atoms with Crippen LogP contribution in [-0.2, 0) is 21.5 Å². The number of nitrogens with zero attached hydrogens (tertiary/aromatic N) is 1. The summed E-state index contributed by atoms with van der Waals surface area (Å²) >= 11 is 0. The summed E-state index contributed by atoms with van der Waals surface area (Å²) in [7, 11) is -3.55. The number of amides is 1. The molecule has 6 nitrogen and oxygen atoms in total. The summed E-state index contributed by atoms with van der Waals surface area (Å²) in [5.41, 5.74) is 0.884. The van der Waals surface area contributed by atoms with Crippen molar-refractivity contribution in [3.63, 3.8) is 0 Å². The molecule has 0 saturated carbocycles. The molecule has 0 N–H and O–H groups in total. The lowest BCUT2D eigenvalue weighted by molar-refractivity contribution is -0.136. The molecule has 0 aliphatic heterocycles. The van der Waals surface area contributed by atoms with E-state index < -0.39 is 10.1 Å². The fourth-order valence-corrected chi connectivity index (χ4v) is 3.03. The maximum absolute atomic E-state index is 12.7. The molecule has 2 rings (SSSR count). The first-order chi connectivity index (χ1) is 13.3. The van der Waals surface area contributed by atoms with Crippen LogP contribution in [0.4, 0.5) is 0 Å². The number of carbonyl (C=O) groups is 1. The lowest BCUT2D eigenvalue weighted by Gasteiger charge is -2.29. The van der Waals surface area contributed by atoms with Crippen molar-refractivity contribution in [1.29, 1.82) is 0 Å². The number of hydrogen-bond donors (Lipinski definition) is 0. The van der Waals surface area contributed by atoms with E-state index in [-0.39, 0.29) is 30.1 Å². The van der Waals surface area contributed by atoms with Crippen LogP contribution in [0.3, 0.4) is 0 Å². The molecule has 2 aromatic rings. The average Bonchev–Trinajstić information content (AvgIpc) is 2.71. The van der Waals surface area contributed by atoms with E-state index in [1.54, 1.807) is 29.2 Å². The highest BCUT2D eigenvalue weighted by molar-refractivity contribution is 7.87. The van der Waals surface area contributed by atoms with Gasteiger partial charge in [-0.3, -0.25) is 4.79 Å². The second-order valence-corrected chi connectivity index (χ2v) is 8.31. The van der Waals surface area contributed by atoms with Gasteiger partial charge in [-0.05, 0) is 50.1 Å². The predicted octanol–water partition coefficient (Wildman–Crippen LogP) is 3.62. The summed E-state index contributed by atoms with van der Waals surface area (Å²) in [6.45, 7) is 5.91. The first kappa shape index (κ1) is 21.8. The monoisotopic (exact) mass is 405 g/mol. The van der Waals surface area contributed by atoms with Gasteiger partial charge in [0.25, 0.3) is 5.91 Å². The largest absolute Gasteiger partial charge is 0.484 e. The molecular weight excluding hydrogens is 378 g/mol. The van der Waals surface area contributed by atoms with Crippen molar-refractivity contribution in [2.24, 2.45) is 0 Å². The zero-order valence-corrected chi connectivity index (χ0v) is 17.3. The van der Waals surface area contributed by atoms with Gasteiger partial charge in [0.1, 0.15) is 11.5 Å². The molecule has 0 aliphatic carbocycles. The van der Waals surface area contributed by atoms with E-state index in [9.17, 15) is 13.2 Å². The Hall–Kier alpha value is -2.54. The predicted molar refractivity (Wildman–Crippen MR) is 109 cm³/mol. The van der Waals surface area contributed by atoms with Gasteiger partial charge in [-0.2, -0.15) is 8.42 Å². The molecule has 152 valence electrons. The molecule has 7 heteroatoms. The zero-order valence-electron chi connectivity index (χ0n) is 16.5. The van der Waals surface area contributed by atoms with E-state index in [0.717, 1.165) is 12.0 Å². The molecule has 0 radical (unpaired) electrons. The Morgan fingerprint density at radius 1 is 1.00 bits per heavy atom. The molecule has 0 saturated heterocycles. The van der Waals surface area contributed by atoms with E-state index in [1.807, 2.05) is 44.2 Å². The van der Waals surface area contributed by atoms with Gasteiger partial charge in [0.05, 0.1) is 5.75 Å². The van der Waals surface area contributed by atoms with E-state index in [2.05, 4.69) is 0 Å². The van der Waals surface area contributed by atoms with Gasteiger partial charge in [0.15, 0.2) is 6.61 Å². The number of hydrogen-bond acceptors (Lipinski definition) is 5. The molecule has 1 unspecified atom stereocenters. The van der Waals surface area contributed by atoms with Gasteiger partial charge in [-0.15, -0.1) is 0 Å². The summed E-state index contributed by atoms with van der Waals surface area (Å²) in [4.78, 5) is 14.5. The molecule has 0 spiro atoms. The van der Waals surface area contributed by atoms with Crippen LogP contribution in [0.15, 0.2) is 54.6 Å². The first-order valence-electron chi connectivity index (χ1n) is 9.33. The third-order valence-electron chi connectivity index (χ3n) is 4.40. The van der Waals surface area contributed by atoms with Crippen LogP contribution in [0, 0.1) is 0 Å². The minimum absolute atomic E-state index is 0.0374. The van der Waals surface area contributed by atoms with E-state index in [0.29, 0.717) is 12.3 Å². The van der Waals surface area contributed by atoms with Crippen molar-refractivity contribution in [3.05, 3.63) is 60.2 Å². The Bertz CT molecular complexity index is 850. The van der Waals surface area contributed by atoms with Crippen molar-refractivity contribution in [2.45, 2.75) is 39.8 Å². The fraction of sp³-hybridized carbons (Fsp3) is 0.381. The van der Waals surface area contributed by atoms with Gasteiger partial charge in [-0.25, -0.2) is 0 Å². The van der Waals surface area contributed by atoms with Gasteiger partial charge >= 0.3 is 10.1 Å². The summed E-state index contributed by atoms with van der Waals surface area (Å²) in [5, 5.41) is 0. The Morgan fingerprint density at radius 3 is 2.21 bits per heavy atom. The minimum atomic E-state index is -3.55. The Morgan fingerprint density at radius 2 is 1.64 bits per heavy atom. The highest BCUT2D eigenvalue weighted by Gasteiger charge is 2.20. The summed E-state index contributed by atoms with van der Waals surface area (Å²) in [6.07, 6.45) is 0.813. The molecular formula is C21H27NO5S. The Kier molecular flexibility index (Phi) is 7.87. The number of carbonyl (C=O) groups excluding carboxylic acids is 1. The highest BCUT2D eigenvalue weighted by atomic mass is 32.2. The quantitative estimate of drug-likeness (QED) is 0.565. The lowest BCUT2D eigenvalue weighted by Crippen LogP contribution is -2.40. The molecule has 0 aliphatic rings. The van der Waals surface area contributed by atoms with Gasteiger partial charge in [0.2, 0.25) is 0 Å². The number of rotatable bonds is 10. The second kappa shape index (κ2) is 10.1. The zero-order chi connectivity index (χ0) is 20.6. The van der Waals surface area contributed by atoms with Crippen molar-refractivity contribution in [1.82, 2.24) is 4.90 Å². The first-order valence-corrected chi connectivity index (χ1v) is 10.9. The van der Waals surface area contributed by atoms with E-state index >= 15 is 0 Å². The Labute approximate surface area is 167 Å². The standard InChI is InChI=1S/C21H27NO5S/c1-4-17(3)22(21(23)16-26-19-9-7-6-8-10-19)15-18-11-13-20(14-12-18)27-28(24,25)5-2/h6-14,17H,4-5,15-16H2,1-3H3. The molecule has 2 aromatic carbocycles. The van der Waals surface area contributed by atoms with Crippen LogP contribution < -0.4 is 8.92 Å². The summed E-state index contributed by atoms with van der Waals surface area (Å²) in [5.74, 6) is 0.719.